The van der Waals surface area contributed by atoms with Crippen molar-refractivity contribution in [2.75, 3.05) is 14.1 Å². The summed E-state index contributed by atoms with van der Waals surface area (Å²) in [7, 11) is 4.09. The van der Waals surface area contributed by atoms with E-state index in [0.29, 0.717) is 0 Å². The number of nitrogens with zero attached hydrogens (tertiary/aromatic N) is 1. The highest BCUT2D eigenvalue weighted by Crippen LogP contribution is 2.29. The Morgan fingerprint density at radius 1 is 1.10 bits per heavy atom. The van der Waals surface area contributed by atoms with Gasteiger partial charge in [0.05, 0.1) is 6.04 Å². The van der Waals surface area contributed by atoms with Crippen molar-refractivity contribution in [1.29, 1.82) is 0 Å². The molecule has 1 amide bonds. The molecule has 106 valence electrons. The molecule has 2 rings (SSSR count). The highest BCUT2D eigenvalue weighted by atomic mass is 16.1. The molecule has 0 aromatic heterocycles. The Kier molecular flexibility index (Phi) is 4.40. The SMILES string of the molecule is CC(=O)NC(C)C(c1cccc2ccccc12)N(C)C. The second kappa shape index (κ2) is 6.06. The maximum absolute atomic E-state index is 11.3. The molecule has 1 N–H and O–H groups in total. The third-order valence-corrected chi connectivity index (χ3v) is 3.60. The van der Waals surface area contributed by atoms with E-state index in [1.807, 2.05) is 27.1 Å². The maximum atomic E-state index is 11.3. The van der Waals surface area contributed by atoms with Gasteiger partial charge in [-0.05, 0) is 37.4 Å². The zero-order valence-corrected chi connectivity index (χ0v) is 12.6. The third-order valence-electron chi connectivity index (χ3n) is 3.60. The van der Waals surface area contributed by atoms with Crippen molar-refractivity contribution in [3.8, 4) is 0 Å². The van der Waals surface area contributed by atoms with E-state index in [0.717, 1.165) is 0 Å². The monoisotopic (exact) mass is 270 g/mol. The zero-order chi connectivity index (χ0) is 14.7. The lowest BCUT2D eigenvalue weighted by Crippen LogP contribution is -2.41. The quantitative estimate of drug-likeness (QED) is 0.926. The number of hydrogen-bond donors (Lipinski definition) is 1. The summed E-state index contributed by atoms with van der Waals surface area (Å²) >= 11 is 0. The number of likely N-dealkylation sites (N-methyl/N-ethyl adjacent to an activating group) is 1. The van der Waals surface area contributed by atoms with Gasteiger partial charge in [-0.1, -0.05) is 42.5 Å². The molecule has 0 saturated heterocycles. The van der Waals surface area contributed by atoms with Crippen LogP contribution in [0.1, 0.15) is 25.5 Å². The van der Waals surface area contributed by atoms with Crippen LogP contribution in [-0.4, -0.2) is 30.9 Å². The van der Waals surface area contributed by atoms with E-state index in [4.69, 9.17) is 0 Å². The molecule has 2 aromatic carbocycles. The summed E-state index contributed by atoms with van der Waals surface area (Å²) < 4.78 is 0. The lowest BCUT2D eigenvalue weighted by molar-refractivity contribution is -0.119. The molecule has 2 atom stereocenters. The van der Waals surface area contributed by atoms with Crippen molar-refractivity contribution in [3.63, 3.8) is 0 Å². The first kappa shape index (κ1) is 14.5. The largest absolute Gasteiger partial charge is 0.352 e. The fourth-order valence-electron chi connectivity index (χ4n) is 2.90. The van der Waals surface area contributed by atoms with E-state index < -0.39 is 0 Å². The van der Waals surface area contributed by atoms with E-state index in [2.05, 4.69) is 46.6 Å². The van der Waals surface area contributed by atoms with Crippen molar-refractivity contribution < 1.29 is 4.79 Å². The minimum atomic E-state index is 0.00425. The summed E-state index contributed by atoms with van der Waals surface area (Å²) in [5, 5.41) is 5.48. The Balaban J connectivity index is 2.49. The minimum Gasteiger partial charge on any atom is -0.352 e. The van der Waals surface area contributed by atoms with Crippen LogP contribution in [0.4, 0.5) is 0 Å². The molecule has 2 aromatic rings. The first-order chi connectivity index (χ1) is 9.50. The third kappa shape index (κ3) is 2.99. The van der Waals surface area contributed by atoms with Gasteiger partial charge < -0.3 is 10.2 Å². The Hall–Kier alpha value is -1.87. The predicted octanol–water partition coefficient (Wildman–Crippen LogP) is 2.97. The second-order valence-electron chi connectivity index (χ2n) is 5.47. The Morgan fingerprint density at radius 3 is 2.40 bits per heavy atom. The van der Waals surface area contributed by atoms with Crippen LogP contribution in [0.3, 0.4) is 0 Å². The van der Waals surface area contributed by atoms with Crippen LogP contribution in [0.2, 0.25) is 0 Å². The number of rotatable bonds is 4. The maximum Gasteiger partial charge on any atom is 0.217 e. The number of carbonyl (C=O) groups excluding carboxylic acids is 1. The summed E-state index contributed by atoms with van der Waals surface area (Å²) in [6, 6.07) is 14.9. The number of nitrogens with one attached hydrogen (secondary N) is 1. The molecule has 0 radical (unpaired) electrons. The van der Waals surface area contributed by atoms with Gasteiger partial charge in [0, 0.05) is 13.0 Å². The van der Waals surface area contributed by atoms with Gasteiger partial charge in [-0.3, -0.25) is 4.79 Å². The van der Waals surface area contributed by atoms with Crippen LogP contribution >= 0.6 is 0 Å². The number of fused-ring (bicyclic) bond motifs is 1. The topological polar surface area (TPSA) is 32.3 Å². The smallest absolute Gasteiger partial charge is 0.217 e. The standard InChI is InChI=1S/C17H22N2O/c1-12(18-13(2)20)17(19(3)4)16-11-7-9-14-8-5-6-10-15(14)16/h5-12,17H,1-4H3,(H,18,20). The molecule has 2 unspecified atom stereocenters. The molecule has 0 heterocycles. The van der Waals surface area contributed by atoms with Gasteiger partial charge in [0.15, 0.2) is 0 Å². The normalized spacial score (nSPS) is 14.2. The lowest BCUT2D eigenvalue weighted by Gasteiger charge is -2.31. The first-order valence-electron chi connectivity index (χ1n) is 6.92. The summed E-state index contributed by atoms with van der Waals surface area (Å²) in [6.07, 6.45) is 0. The lowest BCUT2D eigenvalue weighted by atomic mass is 9.94. The number of carbonyl (C=O) groups is 1. The second-order valence-corrected chi connectivity index (χ2v) is 5.47. The van der Waals surface area contributed by atoms with Gasteiger partial charge in [0.2, 0.25) is 5.91 Å². The van der Waals surface area contributed by atoms with Gasteiger partial charge >= 0.3 is 0 Å². The summed E-state index contributed by atoms with van der Waals surface area (Å²) in [5.74, 6) is 0.00425. The molecule has 3 heteroatoms. The van der Waals surface area contributed by atoms with Gasteiger partial charge in [-0.2, -0.15) is 0 Å². The Morgan fingerprint density at radius 2 is 1.75 bits per heavy atom. The molecule has 0 aliphatic rings. The molecular formula is C17H22N2O. The molecule has 0 bridgehead atoms. The van der Waals surface area contributed by atoms with Crippen molar-refractivity contribution in [3.05, 3.63) is 48.0 Å². The number of amides is 1. The summed E-state index contributed by atoms with van der Waals surface area (Å²) in [6.45, 7) is 3.61. The highest BCUT2D eigenvalue weighted by molar-refractivity contribution is 5.86. The van der Waals surface area contributed by atoms with Crippen molar-refractivity contribution in [2.24, 2.45) is 0 Å². The summed E-state index contributed by atoms with van der Waals surface area (Å²) in [5.41, 5.74) is 1.24. The van der Waals surface area contributed by atoms with Crippen molar-refractivity contribution in [2.45, 2.75) is 25.9 Å². The molecule has 0 spiro atoms. The summed E-state index contributed by atoms with van der Waals surface area (Å²) in [4.78, 5) is 13.5. The van der Waals surface area contributed by atoms with Crippen LogP contribution < -0.4 is 5.32 Å². The van der Waals surface area contributed by atoms with Gasteiger partial charge in [0.25, 0.3) is 0 Å². The Labute approximate surface area is 120 Å². The van der Waals surface area contributed by atoms with E-state index in [-0.39, 0.29) is 18.0 Å². The average molecular weight is 270 g/mol. The molecule has 3 nitrogen and oxygen atoms in total. The zero-order valence-electron chi connectivity index (χ0n) is 12.6. The minimum absolute atomic E-state index is 0.00425. The number of hydrogen-bond acceptors (Lipinski definition) is 2. The molecular weight excluding hydrogens is 248 g/mol. The highest BCUT2D eigenvalue weighted by Gasteiger charge is 2.23. The van der Waals surface area contributed by atoms with E-state index in [9.17, 15) is 4.79 Å². The van der Waals surface area contributed by atoms with Gasteiger partial charge in [0.1, 0.15) is 0 Å². The molecule has 20 heavy (non-hydrogen) atoms. The van der Waals surface area contributed by atoms with Crippen LogP contribution in [0.25, 0.3) is 10.8 Å². The van der Waals surface area contributed by atoms with Crippen molar-refractivity contribution >= 4 is 16.7 Å². The molecule has 0 aliphatic heterocycles. The predicted molar refractivity (Wildman–Crippen MR) is 83.7 cm³/mol. The van der Waals surface area contributed by atoms with E-state index in [1.54, 1.807) is 6.92 Å². The fraction of sp³-hybridized carbons (Fsp3) is 0.353. The first-order valence-corrected chi connectivity index (χ1v) is 6.92. The van der Waals surface area contributed by atoms with Gasteiger partial charge in [-0.25, -0.2) is 0 Å². The average Bonchev–Trinajstić information content (AvgIpc) is 2.38. The molecule has 0 aliphatic carbocycles. The van der Waals surface area contributed by atoms with Crippen LogP contribution in [0.15, 0.2) is 42.5 Å². The van der Waals surface area contributed by atoms with Crippen LogP contribution in [0, 0.1) is 0 Å². The van der Waals surface area contributed by atoms with Gasteiger partial charge in [-0.15, -0.1) is 0 Å². The van der Waals surface area contributed by atoms with Crippen LogP contribution in [0.5, 0.6) is 0 Å². The van der Waals surface area contributed by atoms with Crippen molar-refractivity contribution in [1.82, 2.24) is 10.2 Å². The molecule has 0 saturated carbocycles. The van der Waals surface area contributed by atoms with Crippen LogP contribution in [-0.2, 0) is 4.79 Å². The van der Waals surface area contributed by atoms with E-state index >= 15 is 0 Å². The Bertz CT molecular complexity index is 601. The molecule has 0 fully saturated rings. The van der Waals surface area contributed by atoms with E-state index in [1.165, 1.54) is 16.3 Å². The fourth-order valence-corrected chi connectivity index (χ4v) is 2.90. The number of benzene rings is 2.